The fraction of sp³-hybridized carbons (Fsp3) is 0.400. The molecule has 8 heteroatoms. The topological polar surface area (TPSA) is 60.1 Å². The van der Waals surface area contributed by atoms with Gasteiger partial charge in [-0.2, -0.15) is 5.10 Å². The van der Waals surface area contributed by atoms with Crippen LogP contribution in [0.25, 0.3) is 0 Å². The van der Waals surface area contributed by atoms with Gasteiger partial charge in [-0.25, -0.2) is 13.9 Å². The third-order valence-electron chi connectivity index (χ3n) is 3.50. The number of carbonyl (C=O) groups excluding carboxylic acids is 1. The van der Waals surface area contributed by atoms with Crippen LogP contribution in [0.3, 0.4) is 0 Å². The van der Waals surface area contributed by atoms with Crippen LogP contribution >= 0.6 is 11.6 Å². The Balaban J connectivity index is 2.36. The minimum atomic E-state index is -0.480. The summed E-state index contributed by atoms with van der Waals surface area (Å²) in [5.41, 5.74) is 0.0264. The minimum Gasteiger partial charge on any atom is -0.307 e. The number of hydrogen-bond donors (Lipinski definition) is 0. The molecule has 2 aromatic rings. The van der Waals surface area contributed by atoms with E-state index >= 15 is 0 Å². The molecule has 0 aliphatic carbocycles. The maximum atomic E-state index is 13.2. The Hall–Kier alpha value is -2.15. The van der Waals surface area contributed by atoms with Gasteiger partial charge in [0.05, 0.1) is 10.7 Å². The van der Waals surface area contributed by atoms with Gasteiger partial charge < -0.3 is 4.90 Å². The smallest absolute Gasteiger partial charge is 0.307 e. The molecule has 124 valence electrons. The zero-order valence-corrected chi connectivity index (χ0v) is 14.1. The summed E-state index contributed by atoms with van der Waals surface area (Å²) in [7, 11) is 1.59. The minimum absolute atomic E-state index is 0.136. The Bertz CT molecular complexity index is 797. The average Bonchev–Trinajstić information content (AvgIpc) is 2.69. The van der Waals surface area contributed by atoms with Crippen LogP contribution < -0.4 is 10.6 Å². The standard InChI is InChI=1S/C15H18ClFN4O2/c1-9(2)21(13-6-5-11(17)7-12(13)16)14(22)8-20-15(23)19(4)10(3)18-20/h5-7,9H,8H2,1-4H3. The number of aromatic nitrogens is 3. The lowest BCUT2D eigenvalue weighted by Crippen LogP contribution is -2.41. The lowest BCUT2D eigenvalue weighted by molar-refractivity contribution is -0.119. The highest BCUT2D eigenvalue weighted by molar-refractivity contribution is 6.33. The van der Waals surface area contributed by atoms with Crippen LogP contribution in [-0.2, 0) is 18.4 Å². The first-order chi connectivity index (χ1) is 10.7. The number of rotatable bonds is 4. The Morgan fingerprint density at radius 3 is 2.57 bits per heavy atom. The molecule has 6 nitrogen and oxygen atoms in total. The molecule has 23 heavy (non-hydrogen) atoms. The molecule has 1 amide bonds. The van der Waals surface area contributed by atoms with Crippen molar-refractivity contribution in [2.24, 2.45) is 7.05 Å². The molecule has 1 aromatic carbocycles. The Morgan fingerprint density at radius 1 is 1.43 bits per heavy atom. The Morgan fingerprint density at radius 2 is 2.09 bits per heavy atom. The van der Waals surface area contributed by atoms with Crippen molar-refractivity contribution < 1.29 is 9.18 Å². The van der Waals surface area contributed by atoms with E-state index in [9.17, 15) is 14.0 Å². The number of carbonyl (C=O) groups is 1. The second kappa shape index (κ2) is 6.54. The molecule has 0 atom stereocenters. The fourth-order valence-corrected chi connectivity index (χ4v) is 2.54. The third kappa shape index (κ3) is 3.44. The van der Waals surface area contributed by atoms with Crippen molar-refractivity contribution in [2.75, 3.05) is 4.90 Å². The largest absolute Gasteiger partial charge is 0.346 e. The summed E-state index contributed by atoms with van der Waals surface area (Å²) < 4.78 is 15.7. The summed E-state index contributed by atoms with van der Waals surface area (Å²) in [6, 6.07) is 3.62. The van der Waals surface area contributed by atoms with Gasteiger partial charge in [0, 0.05) is 13.1 Å². The molecule has 0 N–H and O–H groups in total. The van der Waals surface area contributed by atoms with Crippen molar-refractivity contribution >= 4 is 23.2 Å². The van der Waals surface area contributed by atoms with Crippen LogP contribution in [0, 0.1) is 12.7 Å². The van der Waals surface area contributed by atoms with Gasteiger partial charge in [-0.1, -0.05) is 11.6 Å². The lowest BCUT2D eigenvalue weighted by atomic mass is 10.2. The predicted octanol–water partition coefficient (Wildman–Crippen LogP) is 2.12. The lowest BCUT2D eigenvalue weighted by Gasteiger charge is -2.27. The number of nitrogens with zero attached hydrogens (tertiary/aromatic N) is 4. The Labute approximate surface area is 138 Å². The zero-order chi connectivity index (χ0) is 17.3. The van der Waals surface area contributed by atoms with E-state index in [0.717, 1.165) is 10.7 Å². The molecule has 2 rings (SSSR count). The van der Waals surface area contributed by atoms with Crippen molar-refractivity contribution in [2.45, 2.75) is 33.4 Å². The van der Waals surface area contributed by atoms with Crippen LogP contribution in [-0.4, -0.2) is 26.3 Å². The highest BCUT2D eigenvalue weighted by Gasteiger charge is 2.23. The van der Waals surface area contributed by atoms with Gasteiger partial charge in [-0.05, 0) is 39.0 Å². The number of halogens is 2. The van der Waals surface area contributed by atoms with Crippen LogP contribution in [0.5, 0.6) is 0 Å². The van der Waals surface area contributed by atoms with Crippen molar-refractivity contribution in [1.29, 1.82) is 0 Å². The molecule has 1 aromatic heterocycles. The van der Waals surface area contributed by atoms with Crippen LogP contribution in [0.1, 0.15) is 19.7 Å². The van der Waals surface area contributed by atoms with E-state index in [2.05, 4.69) is 5.10 Å². The van der Waals surface area contributed by atoms with Crippen molar-refractivity contribution in [3.8, 4) is 0 Å². The van der Waals surface area contributed by atoms with Gasteiger partial charge in [0.25, 0.3) is 0 Å². The predicted molar refractivity (Wildman–Crippen MR) is 86.2 cm³/mol. The summed E-state index contributed by atoms with van der Waals surface area (Å²) in [5.74, 6) is -0.320. The maximum Gasteiger partial charge on any atom is 0.346 e. The molecular formula is C15H18ClFN4O2. The number of benzene rings is 1. The highest BCUT2D eigenvalue weighted by Crippen LogP contribution is 2.28. The van der Waals surface area contributed by atoms with Gasteiger partial charge in [0.15, 0.2) is 0 Å². The average molecular weight is 341 g/mol. The summed E-state index contributed by atoms with van der Waals surface area (Å²) in [6.07, 6.45) is 0. The summed E-state index contributed by atoms with van der Waals surface area (Å²) in [5, 5.41) is 4.18. The molecule has 0 bridgehead atoms. The summed E-state index contributed by atoms with van der Waals surface area (Å²) >= 11 is 6.05. The van der Waals surface area contributed by atoms with Gasteiger partial charge >= 0.3 is 5.69 Å². The summed E-state index contributed by atoms with van der Waals surface area (Å²) in [6.45, 7) is 5.08. The monoisotopic (exact) mass is 340 g/mol. The van der Waals surface area contributed by atoms with Gasteiger partial charge in [-0.15, -0.1) is 0 Å². The van der Waals surface area contributed by atoms with Gasteiger partial charge in [0.1, 0.15) is 18.2 Å². The normalized spacial score (nSPS) is 11.1. The SMILES string of the molecule is Cc1nn(CC(=O)N(c2ccc(F)cc2Cl)C(C)C)c(=O)n1C. The molecule has 0 spiro atoms. The first-order valence-electron chi connectivity index (χ1n) is 7.10. The van der Waals surface area contributed by atoms with Crippen LogP contribution in [0.2, 0.25) is 5.02 Å². The first kappa shape index (κ1) is 17.2. The van der Waals surface area contributed by atoms with Crippen LogP contribution in [0.4, 0.5) is 10.1 Å². The van der Waals surface area contributed by atoms with Gasteiger partial charge in [-0.3, -0.25) is 9.36 Å². The Kier molecular flexibility index (Phi) is 4.89. The molecule has 0 aliphatic rings. The molecule has 0 unspecified atom stereocenters. The zero-order valence-electron chi connectivity index (χ0n) is 13.4. The second-order valence-corrected chi connectivity index (χ2v) is 5.91. The molecule has 0 saturated carbocycles. The molecule has 1 heterocycles. The fourth-order valence-electron chi connectivity index (χ4n) is 2.28. The van der Waals surface area contributed by atoms with Crippen molar-refractivity contribution in [3.05, 3.63) is 45.3 Å². The van der Waals surface area contributed by atoms with E-state index < -0.39 is 5.82 Å². The van der Waals surface area contributed by atoms with Crippen LogP contribution in [0.15, 0.2) is 23.0 Å². The molecule has 0 radical (unpaired) electrons. The molecule has 0 aliphatic heterocycles. The van der Waals surface area contributed by atoms with E-state index in [1.807, 2.05) is 13.8 Å². The molecular weight excluding hydrogens is 323 g/mol. The van der Waals surface area contributed by atoms with Gasteiger partial charge in [0.2, 0.25) is 5.91 Å². The summed E-state index contributed by atoms with van der Waals surface area (Å²) in [4.78, 5) is 26.0. The number of amides is 1. The van der Waals surface area contributed by atoms with E-state index in [1.54, 1.807) is 14.0 Å². The van der Waals surface area contributed by atoms with E-state index in [1.165, 1.54) is 21.6 Å². The first-order valence-corrected chi connectivity index (χ1v) is 7.47. The number of anilines is 1. The van der Waals surface area contributed by atoms with E-state index in [0.29, 0.717) is 11.5 Å². The quantitative estimate of drug-likeness (QED) is 0.856. The molecule has 0 fully saturated rings. The second-order valence-electron chi connectivity index (χ2n) is 5.50. The highest BCUT2D eigenvalue weighted by atomic mass is 35.5. The van der Waals surface area contributed by atoms with E-state index in [-0.39, 0.29) is 29.2 Å². The molecule has 0 saturated heterocycles. The van der Waals surface area contributed by atoms with Crippen molar-refractivity contribution in [1.82, 2.24) is 14.3 Å². The van der Waals surface area contributed by atoms with E-state index in [4.69, 9.17) is 11.6 Å². The van der Waals surface area contributed by atoms with Crippen molar-refractivity contribution in [3.63, 3.8) is 0 Å². The number of aryl methyl sites for hydroxylation is 1. The third-order valence-corrected chi connectivity index (χ3v) is 3.80. The maximum absolute atomic E-state index is 13.2. The number of hydrogen-bond acceptors (Lipinski definition) is 3.